The zero-order valence-corrected chi connectivity index (χ0v) is 13.9. The monoisotopic (exact) mass is 328 g/mol. The van der Waals surface area contributed by atoms with Gasteiger partial charge in [0, 0.05) is 0 Å². The third-order valence-corrected chi connectivity index (χ3v) is 2.31. The van der Waals surface area contributed by atoms with E-state index < -0.39 is 12.3 Å². The molecule has 0 bridgehead atoms. The van der Waals surface area contributed by atoms with E-state index >= 15 is 0 Å². The molecule has 2 unspecified atom stereocenters. The molecule has 0 aliphatic heterocycles. The van der Waals surface area contributed by atoms with Gasteiger partial charge >= 0.3 is 12.3 Å². The van der Waals surface area contributed by atoms with Gasteiger partial charge < -0.3 is 24.4 Å². The molecule has 0 saturated heterocycles. The molecule has 0 radical (unpaired) electrons. The molecule has 7 heteroatoms. The second kappa shape index (κ2) is 16.2. The summed E-state index contributed by atoms with van der Waals surface area (Å²) in [5.74, 6) is 9.24. The van der Waals surface area contributed by atoms with Gasteiger partial charge in [0.1, 0.15) is 25.4 Å². The molecule has 2 atom stereocenters. The Kier molecular flexibility index (Phi) is 16.2. The summed E-state index contributed by atoms with van der Waals surface area (Å²) in [6.07, 6.45) is -1.25. The number of aliphatic hydroxyl groups is 2. The van der Waals surface area contributed by atoms with Gasteiger partial charge in [-0.1, -0.05) is 25.7 Å². The fraction of sp³-hybridized carbons (Fsp3) is 0.625. The van der Waals surface area contributed by atoms with Crippen LogP contribution in [0.25, 0.3) is 0 Å². The van der Waals surface area contributed by atoms with Crippen molar-refractivity contribution in [3.8, 4) is 23.7 Å². The Morgan fingerprint density at radius 1 is 0.870 bits per heavy atom. The van der Waals surface area contributed by atoms with E-state index in [0.717, 1.165) is 0 Å². The Morgan fingerprint density at radius 2 is 1.22 bits per heavy atom. The van der Waals surface area contributed by atoms with Crippen LogP contribution in [0, 0.1) is 23.7 Å². The van der Waals surface area contributed by atoms with Gasteiger partial charge in [-0.2, -0.15) is 0 Å². The van der Waals surface area contributed by atoms with E-state index in [1.54, 1.807) is 13.8 Å². The minimum absolute atomic E-state index is 0.180. The Morgan fingerprint density at radius 3 is 1.48 bits per heavy atom. The lowest BCUT2D eigenvalue weighted by atomic mass is 10.3. The van der Waals surface area contributed by atoms with E-state index in [2.05, 4.69) is 28.4 Å². The van der Waals surface area contributed by atoms with Crippen molar-refractivity contribution >= 4 is 12.3 Å². The molecule has 0 heterocycles. The first kappa shape index (κ1) is 23.1. The molecule has 23 heavy (non-hydrogen) atoms. The Labute approximate surface area is 136 Å². The normalized spacial score (nSPS) is 11.0. The van der Waals surface area contributed by atoms with Gasteiger partial charge in [0.2, 0.25) is 0 Å². The summed E-state index contributed by atoms with van der Waals surface area (Å²) in [6, 6.07) is 0. The Balaban J connectivity index is 0. The standard InChI is InChI=1S/C10H18O5.C6H6O2/c1-5-7(3)13-9(11)15-10(12)14-8(4)6-2;7-5-3-1-2-4-6-8/h7-8H,5-6H2,1-4H3;7-8H,5-6H2. The van der Waals surface area contributed by atoms with Crippen LogP contribution in [0.1, 0.15) is 40.5 Å². The van der Waals surface area contributed by atoms with Crippen LogP contribution in [0.3, 0.4) is 0 Å². The predicted molar refractivity (Wildman–Crippen MR) is 83.3 cm³/mol. The molecular formula is C16H24O7. The van der Waals surface area contributed by atoms with Crippen molar-refractivity contribution < 1.29 is 34.0 Å². The highest BCUT2D eigenvalue weighted by atomic mass is 16.8. The molecule has 0 rings (SSSR count). The molecule has 0 amide bonds. The highest BCUT2D eigenvalue weighted by Crippen LogP contribution is 2.02. The molecule has 0 saturated carbocycles. The molecule has 2 N–H and O–H groups in total. The zero-order valence-electron chi connectivity index (χ0n) is 13.9. The molecule has 0 spiro atoms. The Hall–Kier alpha value is -2.22. The summed E-state index contributed by atoms with van der Waals surface area (Å²) in [5, 5.41) is 16.1. The lowest BCUT2D eigenvalue weighted by Crippen LogP contribution is -2.22. The number of rotatable bonds is 4. The van der Waals surface area contributed by atoms with Crippen molar-refractivity contribution in [3.63, 3.8) is 0 Å². The molecule has 7 nitrogen and oxygen atoms in total. The first-order valence-electron chi connectivity index (χ1n) is 7.17. The van der Waals surface area contributed by atoms with Crippen LogP contribution >= 0.6 is 0 Å². The van der Waals surface area contributed by atoms with E-state index in [1.165, 1.54) is 0 Å². The van der Waals surface area contributed by atoms with Gasteiger partial charge in [0.25, 0.3) is 0 Å². The molecule has 0 aliphatic rings. The molecule has 130 valence electrons. The highest BCUT2D eigenvalue weighted by Gasteiger charge is 2.17. The number of carbonyl (C=O) groups excluding carboxylic acids is 2. The van der Waals surface area contributed by atoms with Crippen molar-refractivity contribution in [2.75, 3.05) is 13.2 Å². The van der Waals surface area contributed by atoms with E-state index in [1.807, 2.05) is 13.8 Å². The van der Waals surface area contributed by atoms with Gasteiger partial charge in [0.05, 0.1) is 0 Å². The number of aliphatic hydroxyl groups excluding tert-OH is 2. The second-order valence-corrected chi connectivity index (χ2v) is 4.20. The smallest absolute Gasteiger partial charge is 0.431 e. The average Bonchev–Trinajstić information content (AvgIpc) is 2.51. The summed E-state index contributed by atoms with van der Waals surface area (Å²) in [5.41, 5.74) is 0. The second-order valence-electron chi connectivity index (χ2n) is 4.20. The van der Waals surface area contributed by atoms with Gasteiger partial charge in [-0.15, -0.1) is 0 Å². The quantitative estimate of drug-likeness (QED) is 0.461. The summed E-state index contributed by atoms with van der Waals surface area (Å²) < 4.78 is 13.7. The van der Waals surface area contributed by atoms with Crippen LogP contribution < -0.4 is 0 Å². The lowest BCUT2D eigenvalue weighted by Gasteiger charge is -2.12. The van der Waals surface area contributed by atoms with Crippen LogP contribution in [-0.2, 0) is 14.2 Å². The first-order chi connectivity index (χ1) is 10.9. The summed E-state index contributed by atoms with van der Waals surface area (Å²) in [7, 11) is 0. The van der Waals surface area contributed by atoms with Crippen molar-refractivity contribution in [2.45, 2.75) is 52.7 Å². The van der Waals surface area contributed by atoms with Gasteiger partial charge in [-0.3, -0.25) is 0 Å². The van der Waals surface area contributed by atoms with E-state index in [9.17, 15) is 9.59 Å². The van der Waals surface area contributed by atoms with Crippen LogP contribution in [0.4, 0.5) is 9.59 Å². The van der Waals surface area contributed by atoms with Crippen LogP contribution in [0.5, 0.6) is 0 Å². The summed E-state index contributed by atoms with van der Waals surface area (Å²) in [4.78, 5) is 21.9. The van der Waals surface area contributed by atoms with Crippen molar-refractivity contribution in [2.24, 2.45) is 0 Å². The van der Waals surface area contributed by atoms with Crippen molar-refractivity contribution in [1.82, 2.24) is 0 Å². The van der Waals surface area contributed by atoms with Crippen LogP contribution in [-0.4, -0.2) is 47.9 Å². The van der Waals surface area contributed by atoms with Crippen LogP contribution in [0.15, 0.2) is 0 Å². The molecule has 0 aromatic carbocycles. The maximum absolute atomic E-state index is 10.9. The lowest BCUT2D eigenvalue weighted by molar-refractivity contribution is 0.00690. The number of carbonyl (C=O) groups is 2. The maximum atomic E-state index is 10.9. The van der Waals surface area contributed by atoms with Crippen molar-refractivity contribution in [3.05, 3.63) is 0 Å². The van der Waals surface area contributed by atoms with Crippen molar-refractivity contribution in [1.29, 1.82) is 0 Å². The summed E-state index contributed by atoms with van der Waals surface area (Å²) in [6.45, 7) is 6.77. The van der Waals surface area contributed by atoms with E-state index in [4.69, 9.17) is 19.7 Å². The Bertz CT molecular complexity index is 409. The molecular weight excluding hydrogens is 304 g/mol. The van der Waals surface area contributed by atoms with Gasteiger partial charge in [0.15, 0.2) is 0 Å². The van der Waals surface area contributed by atoms with E-state index in [-0.39, 0.29) is 25.4 Å². The predicted octanol–water partition coefficient (Wildman–Crippen LogP) is 1.85. The average molecular weight is 328 g/mol. The van der Waals surface area contributed by atoms with Gasteiger partial charge in [-0.25, -0.2) is 9.59 Å². The van der Waals surface area contributed by atoms with E-state index in [0.29, 0.717) is 12.8 Å². The fourth-order valence-electron chi connectivity index (χ4n) is 0.779. The first-order valence-corrected chi connectivity index (χ1v) is 7.17. The molecule has 0 aromatic rings. The molecule has 0 aromatic heterocycles. The highest BCUT2D eigenvalue weighted by molar-refractivity contribution is 5.77. The third-order valence-electron chi connectivity index (χ3n) is 2.31. The maximum Gasteiger partial charge on any atom is 0.518 e. The third kappa shape index (κ3) is 17.7. The minimum Gasteiger partial charge on any atom is -0.431 e. The summed E-state index contributed by atoms with van der Waals surface area (Å²) >= 11 is 0. The number of ether oxygens (including phenoxy) is 3. The molecule has 0 aliphatic carbocycles. The number of hydrogen-bond acceptors (Lipinski definition) is 7. The zero-order chi connectivity index (χ0) is 18.1. The molecule has 0 fully saturated rings. The minimum atomic E-state index is -1.02. The van der Waals surface area contributed by atoms with Crippen LogP contribution in [0.2, 0.25) is 0 Å². The SMILES string of the molecule is CCC(C)OC(=O)OC(=O)OC(C)CC.OCC#CC#CCO. The van der Waals surface area contributed by atoms with Gasteiger partial charge in [-0.05, 0) is 38.5 Å². The largest absolute Gasteiger partial charge is 0.518 e. The number of hydrogen-bond donors (Lipinski definition) is 2. The fourth-order valence-corrected chi connectivity index (χ4v) is 0.779. The topological polar surface area (TPSA) is 102 Å².